The van der Waals surface area contributed by atoms with E-state index >= 15 is 0 Å². The highest BCUT2D eigenvalue weighted by Crippen LogP contribution is 2.52. The van der Waals surface area contributed by atoms with Crippen molar-refractivity contribution in [2.24, 2.45) is 0 Å². The van der Waals surface area contributed by atoms with Crippen LogP contribution in [0.5, 0.6) is 0 Å². The maximum absolute atomic E-state index is 13.5. The molecule has 1 aliphatic heterocycles. The van der Waals surface area contributed by atoms with E-state index in [1.54, 1.807) is 0 Å². The minimum Gasteiger partial charge on any atom is -0.389 e. The van der Waals surface area contributed by atoms with E-state index < -0.39 is 34.1 Å². The number of aliphatic hydroxyl groups excluding tert-OH is 1. The molecule has 0 aromatic carbocycles. The van der Waals surface area contributed by atoms with Crippen molar-refractivity contribution >= 4 is 23.4 Å². The van der Waals surface area contributed by atoms with Crippen LogP contribution in [-0.2, 0) is 4.74 Å². The number of alkyl halides is 7. The first-order valence-corrected chi connectivity index (χ1v) is 6.81. The molecule has 0 aromatic rings. The predicted molar refractivity (Wildman–Crippen MR) is 62.7 cm³/mol. The molecule has 2 atom stereocenters. The van der Waals surface area contributed by atoms with Crippen molar-refractivity contribution in [2.75, 3.05) is 12.4 Å². The second-order valence-corrected chi connectivity index (χ2v) is 6.04. The topological polar surface area (TPSA) is 29.5 Å². The average molecular weight is 363 g/mol. The zero-order valence-corrected chi connectivity index (χ0v) is 11.9. The smallest absolute Gasteiger partial charge is 0.389 e. The van der Waals surface area contributed by atoms with Crippen LogP contribution in [0.3, 0.4) is 0 Å². The van der Waals surface area contributed by atoms with Crippen molar-refractivity contribution in [2.45, 2.75) is 35.2 Å². The Labute approximate surface area is 124 Å². The van der Waals surface area contributed by atoms with Crippen LogP contribution < -0.4 is 0 Å². The van der Waals surface area contributed by atoms with Gasteiger partial charge in [0.2, 0.25) is 0 Å². The molecule has 1 saturated heterocycles. The fourth-order valence-corrected chi connectivity index (χ4v) is 2.68. The van der Waals surface area contributed by atoms with Gasteiger partial charge in [0.1, 0.15) is 0 Å². The Bertz CT molecular complexity index is 416. The van der Waals surface area contributed by atoms with E-state index in [9.17, 15) is 35.8 Å². The molecule has 0 aliphatic carbocycles. The maximum Gasteiger partial charge on any atom is 0.393 e. The largest absolute Gasteiger partial charge is 0.393 e. The third-order valence-electron chi connectivity index (χ3n) is 2.70. The molecule has 1 rings (SSSR count). The molecule has 2 unspecified atom stereocenters. The Morgan fingerprint density at radius 1 is 1.33 bits per heavy atom. The second kappa shape index (κ2) is 5.78. The van der Waals surface area contributed by atoms with Crippen molar-refractivity contribution in [3.8, 4) is 0 Å². The molecule has 1 fully saturated rings. The molecule has 0 spiro atoms. The first-order valence-electron chi connectivity index (χ1n) is 5.45. The molecule has 21 heavy (non-hydrogen) atoms. The third-order valence-corrected chi connectivity index (χ3v) is 4.34. The fourth-order valence-electron chi connectivity index (χ4n) is 1.48. The van der Waals surface area contributed by atoms with Crippen molar-refractivity contribution in [3.63, 3.8) is 0 Å². The number of rotatable bonds is 5. The summed E-state index contributed by atoms with van der Waals surface area (Å²) in [6, 6.07) is 0. The van der Waals surface area contributed by atoms with Crippen molar-refractivity contribution < 1.29 is 40.6 Å². The molecule has 0 bridgehead atoms. The van der Waals surface area contributed by atoms with Gasteiger partial charge < -0.3 is 9.84 Å². The molecular weight excluding hydrogens is 353 g/mol. The van der Waals surface area contributed by atoms with Crippen LogP contribution in [0.1, 0.15) is 6.92 Å². The van der Waals surface area contributed by atoms with E-state index in [1.165, 1.54) is 0 Å². The van der Waals surface area contributed by atoms with Gasteiger partial charge in [0, 0.05) is 5.75 Å². The van der Waals surface area contributed by atoms with Gasteiger partial charge in [0.15, 0.2) is 10.8 Å². The second-order valence-electron chi connectivity index (χ2n) is 4.23. The minimum atomic E-state index is -6.16. The summed E-state index contributed by atoms with van der Waals surface area (Å²) < 4.78 is 95.5. The molecule has 124 valence electrons. The first kappa shape index (κ1) is 18.9. The Kier molecular flexibility index (Phi) is 5.19. The number of hydrogen-bond acceptors (Lipinski definition) is 3. The summed E-state index contributed by atoms with van der Waals surface area (Å²) in [5, 5.41) is 3.75. The lowest BCUT2D eigenvalue weighted by molar-refractivity contribution is -0.269. The quantitative estimate of drug-likeness (QED) is 0.596. The number of ether oxygens (including phenoxy) is 1. The molecule has 1 aliphatic rings. The van der Waals surface area contributed by atoms with Crippen LogP contribution in [0, 0.1) is 0 Å². The number of aliphatic hydroxyl groups is 1. The van der Waals surface area contributed by atoms with E-state index in [-0.39, 0.29) is 18.4 Å². The summed E-state index contributed by atoms with van der Waals surface area (Å²) in [4.78, 5) is -2.05. The van der Waals surface area contributed by atoms with Gasteiger partial charge in [-0.25, -0.2) is 4.39 Å². The molecule has 1 heterocycles. The zero-order chi connectivity index (χ0) is 16.7. The van der Waals surface area contributed by atoms with Gasteiger partial charge in [-0.3, -0.25) is 0 Å². The Hall–Kier alpha value is -0.190. The van der Waals surface area contributed by atoms with Gasteiger partial charge in [0.25, 0.3) is 0 Å². The summed E-state index contributed by atoms with van der Waals surface area (Å²) in [6.45, 7) is 0.988. The Balaban J connectivity index is 3.21. The van der Waals surface area contributed by atoms with Gasteiger partial charge in [-0.15, -0.1) is 11.8 Å². The van der Waals surface area contributed by atoms with Gasteiger partial charge >= 0.3 is 17.2 Å². The van der Waals surface area contributed by atoms with Gasteiger partial charge in [-0.1, -0.05) is 0 Å². The van der Waals surface area contributed by atoms with Crippen LogP contribution >= 0.6 is 23.4 Å². The lowest BCUT2D eigenvalue weighted by Gasteiger charge is -2.31. The lowest BCUT2D eigenvalue weighted by atomic mass is 10.1. The highest BCUT2D eigenvalue weighted by molar-refractivity contribution is 8.00. The summed E-state index contributed by atoms with van der Waals surface area (Å²) >= 11 is 4.60. The average Bonchev–Trinajstić information content (AvgIpc) is 2.76. The summed E-state index contributed by atoms with van der Waals surface area (Å²) in [5.41, 5.74) is 0. The lowest BCUT2D eigenvalue weighted by Crippen LogP contribution is -2.52. The normalized spacial score (nSPS) is 27.0. The molecule has 0 saturated carbocycles. The first-order chi connectivity index (χ1) is 9.28. The van der Waals surface area contributed by atoms with E-state index in [1.807, 2.05) is 0 Å². The third kappa shape index (κ3) is 3.27. The van der Waals surface area contributed by atoms with E-state index in [4.69, 9.17) is 4.74 Å². The van der Waals surface area contributed by atoms with E-state index in [2.05, 4.69) is 11.6 Å². The molecule has 1 N–H and O–H groups in total. The standard InChI is InChI=1S/C10H10ClF7O2S/c1-5(19)7(20-2-3-21-7)4-6(12)8(13,14)9(15,16)10(11,17)18/h4-5,19H,2-3H2,1H3/b6-4-. The van der Waals surface area contributed by atoms with Crippen molar-refractivity contribution in [1.82, 2.24) is 0 Å². The van der Waals surface area contributed by atoms with Gasteiger partial charge in [-0.2, -0.15) is 26.3 Å². The van der Waals surface area contributed by atoms with E-state index in [0.29, 0.717) is 11.8 Å². The van der Waals surface area contributed by atoms with Gasteiger partial charge in [0.05, 0.1) is 12.7 Å². The molecular formula is C10H10ClF7O2S. The van der Waals surface area contributed by atoms with Crippen LogP contribution in [-0.4, -0.2) is 45.7 Å². The highest BCUT2D eigenvalue weighted by atomic mass is 35.5. The summed E-state index contributed by atoms with van der Waals surface area (Å²) in [6.07, 6.45) is -1.66. The van der Waals surface area contributed by atoms with Crippen LogP contribution in [0.25, 0.3) is 0 Å². The predicted octanol–water partition coefficient (Wildman–Crippen LogP) is 3.78. The molecule has 0 radical (unpaired) electrons. The zero-order valence-electron chi connectivity index (χ0n) is 10.4. The van der Waals surface area contributed by atoms with Gasteiger partial charge in [-0.05, 0) is 24.6 Å². The monoisotopic (exact) mass is 362 g/mol. The highest BCUT2D eigenvalue weighted by Gasteiger charge is 2.73. The van der Waals surface area contributed by atoms with Crippen LogP contribution in [0.2, 0.25) is 0 Å². The Morgan fingerprint density at radius 3 is 2.19 bits per heavy atom. The van der Waals surface area contributed by atoms with Crippen LogP contribution in [0.4, 0.5) is 30.7 Å². The minimum absolute atomic E-state index is 0.0625. The number of thioether (sulfide) groups is 1. The molecule has 11 heteroatoms. The number of hydrogen-bond donors (Lipinski definition) is 1. The SMILES string of the molecule is CC(O)C1(/C=C(\F)C(F)(F)C(F)(F)C(F)(F)Cl)OCCS1. The molecule has 0 aromatic heterocycles. The van der Waals surface area contributed by atoms with E-state index in [0.717, 1.165) is 6.92 Å². The fraction of sp³-hybridized carbons (Fsp3) is 0.800. The Morgan fingerprint density at radius 2 is 1.86 bits per heavy atom. The van der Waals surface area contributed by atoms with Crippen molar-refractivity contribution in [1.29, 1.82) is 0 Å². The summed E-state index contributed by atoms with van der Waals surface area (Å²) in [5.74, 6) is -14.7. The molecule has 2 nitrogen and oxygen atoms in total. The maximum atomic E-state index is 13.5. The van der Waals surface area contributed by atoms with Crippen LogP contribution in [0.15, 0.2) is 11.9 Å². The number of allylic oxidation sites excluding steroid dienone is 1. The number of halogens is 8. The summed E-state index contributed by atoms with van der Waals surface area (Å²) in [7, 11) is 0. The van der Waals surface area contributed by atoms with Crippen molar-refractivity contribution in [3.05, 3.63) is 11.9 Å². The molecule has 0 amide bonds.